The molecule has 2 N–H and O–H groups in total. The average molecular weight is 269 g/mol. The van der Waals surface area contributed by atoms with Crippen molar-refractivity contribution in [1.29, 1.82) is 0 Å². The van der Waals surface area contributed by atoms with Gasteiger partial charge in [0.1, 0.15) is 5.69 Å². The Bertz CT molecular complexity index is 451. The van der Waals surface area contributed by atoms with Crippen molar-refractivity contribution in [3.8, 4) is 11.5 Å². The van der Waals surface area contributed by atoms with Crippen LogP contribution < -0.4 is 20.1 Å². The lowest BCUT2D eigenvalue weighted by Crippen LogP contribution is -2.29. The number of rotatable bonds is 7. The Morgan fingerprint density at radius 2 is 1.89 bits per heavy atom. The third-order valence-electron chi connectivity index (χ3n) is 2.80. The smallest absolute Gasteiger partial charge is 0.296 e. The van der Waals surface area contributed by atoms with Gasteiger partial charge < -0.3 is 20.1 Å². The summed E-state index contributed by atoms with van der Waals surface area (Å²) in [6, 6.07) is 2.98. The molecule has 0 spiro atoms. The molecular weight excluding hydrogens is 250 g/mol. The summed E-state index contributed by atoms with van der Waals surface area (Å²) in [5.74, 6) is 0.792. The van der Waals surface area contributed by atoms with E-state index in [-0.39, 0.29) is 5.69 Å². The van der Waals surface area contributed by atoms with Crippen LogP contribution in [0.3, 0.4) is 0 Å². The number of nitro benzene ring substituents is 1. The van der Waals surface area contributed by atoms with Gasteiger partial charge in [0.2, 0.25) is 0 Å². The number of likely N-dealkylation sites (N-methyl/N-ethyl adjacent to an activating group) is 1. The summed E-state index contributed by atoms with van der Waals surface area (Å²) < 4.78 is 10.3. The van der Waals surface area contributed by atoms with Crippen LogP contribution in [-0.2, 0) is 0 Å². The minimum absolute atomic E-state index is 0.0204. The van der Waals surface area contributed by atoms with Crippen molar-refractivity contribution >= 4 is 11.4 Å². The van der Waals surface area contributed by atoms with E-state index < -0.39 is 4.92 Å². The van der Waals surface area contributed by atoms with E-state index in [0.717, 1.165) is 0 Å². The highest BCUT2D eigenvalue weighted by Gasteiger charge is 2.22. The van der Waals surface area contributed by atoms with Crippen molar-refractivity contribution < 1.29 is 14.4 Å². The van der Waals surface area contributed by atoms with Crippen LogP contribution in [0.25, 0.3) is 0 Å². The van der Waals surface area contributed by atoms with E-state index in [9.17, 15) is 10.1 Å². The summed E-state index contributed by atoms with van der Waals surface area (Å²) in [4.78, 5) is 12.6. The molecule has 1 rings (SSSR count). The standard InChI is InChI=1S/C12H19N3O4/c1-4-14(6-5-13)9-7-11(18-2)12(19-3)8-10(9)15(16)17/h7-8H,4-6,13H2,1-3H3. The Morgan fingerprint density at radius 3 is 2.32 bits per heavy atom. The van der Waals surface area contributed by atoms with Crippen LogP contribution in [0.1, 0.15) is 6.92 Å². The van der Waals surface area contributed by atoms with E-state index in [0.29, 0.717) is 36.8 Å². The van der Waals surface area contributed by atoms with Gasteiger partial charge in [0.05, 0.1) is 25.2 Å². The summed E-state index contributed by atoms with van der Waals surface area (Å²) in [6.45, 7) is 3.48. The van der Waals surface area contributed by atoms with E-state index in [1.807, 2.05) is 11.8 Å². The Kier molecular flexibility index (Phi) is 5.37. The number of nitrogens with two attached hydrogens (primary N) is 1. The van der Waals surface area contributed by atoms with Gasteiger partial charge in [0.25, 0.3) is 5.69 Å². The van der Waals surface area contributed by atoms with Gasteiger partial charge in [-0.2, -0.15) is 0 Å². The molecule has 0 bridgehead atoms. The lowest BCUT2D eigenvalue weighted by atomic mass is 10.2. The molecule has 106 valence electrons. The van der Waals surface area contributed by atoms with Crippen molar-refractivity contribution in [2.24, 2.45) is 5.73 Å². The van der Waals surface area contributed by atoms with Crippen molar-refractivity contribution in [3.63, 3.8) is 0 Å². The second-order valence-corrected chi connectivity index (χ2v) is 3.82. The van der Waals surface area contributed by atoms with Gasteiger partial charge in [-0.25, -0.2) is 0 Å². The van der Waals surface area contributed by atoms with Gasteiger partial charge in [0, 0.05) is 25.7 Å². The van der Waals surface area contributed by atoms with Gasteiger partial charge in [-0.05, 0) is 6.92 Å². The minimum atomic E-state index is -0.434. The highest BCUT2D eigenvalue weighted by Crippen LogP contribution is 2.39. The molecule has 7 nitrogen and oxygen atoms in total. The van der Waals surface area contributed by atoms with Crippen LogP contribution in [0.5, 0.6) is 11.5 Å². The molecule has 1 aromatic carbocycles. The first kappa shape index (κ1) is 15.0. The Labute approximate surface area is 112 Å². The predicted octanol–water partition coefficient (Wildman–Crippen LogP) is 1.40. The first-order chi connectivity index (χ1) is 9.08. The molecule has 0 saturated carbocycles. The molecule has 0 aliphatic rings. The Hall–Kier alpha value is -2.02. The number of anilines is 1. The van der Waals surface area contributed by atoms with Gasteiger partial charge >= 0.3 is 0 Å². The fourth-order valence-corrected chi connectivity index (χ4v) is 1.86. The van der Waals surface area contributed by atoms with Gasteiger partial charge in [-0.1, -0.05) is 0 Å². The van der Waals surface area contributed by atoms with Crippen molar-refractivity contribution in [2.45, 2.75) is 6.92 Å². The highest BCUT2D eigenvalue weighted by molar-refractivity contribution is 5.69. The van der Waals surface area contributed by atoms with Crippen LogP contribution >= 0.6 is 0 Å². The number of nitrogens with zero attached hydrogens (tertiary/aromatic N) is 2. The fraction of sp³-hybridized carbons (Fsp3) is 0.500. The number of hydrogen-bond donors (Lipinski definition) is 1. The normalized spacial score (nSPS) is 10.1. The van der Waals surface area contributed by atoms with E-state index in [1.165, 1.54) is 20.3 Å². The molecule has 0 aromatic heterocycles. The monoisotopic (exact) mass is 269 g/mol. The first-order valence-corrected chi connectivity index (χ1v) is 5.94. The highest BCUT2D eigenvalue weighted by atomic mass is 16.6. The molecule has 19 heavy (non-hydrogen) atoms. The molecule has 0 unspecified atom stereocenters. The third kappa shape index (κ3) is 3.25. The fourth-order valence-electron chi connectivity index (χ4n) is 1.86. The largest absolute Gasteiger partial charge is 0.493 e. The average Bonchev–Trinajstić information content (AvgIpc) is 2.43. The van der Waals surface area contributed by atoms with E-state index in [4.69, 9.17) is 15.2 Å². The van der Waals surface area contributed by atoms with Crippen molar-refractivity contribution in [3.05, 3.63) is 22.2 Å². The molecule has 0 fully saturated rings. The summed E-state index contributed by atoms with van der Waals surface area (Å²) >= 11 is 0. The molecule has 1 aromatic rings. The maximum absolute atomic E-state index is 11.2. The molecule has 0 amide bonds. The summed E-state index contributed by atoms with van der Waals surface area (Å²) in [7, 11) is 2.94. The Balaban J connectivity index is 3.37. The predicted molar refractivity (Wildman–Crippen MR) is 73.1 cm³/mol. The van der Waals surface area contributed by atoms with Crippen LogP contribution in [0.15, 0.2) is 12.1 Å². The maximum atomic E-state index is 11.2. The van der Waals surface area contributed by atoms with Crippen LogP contribution in [0, 0.1) is 10.1 Å². The zero-order valence-electron chi connectivity index (χ0n) is 11.4. The molecule has 0 heterocycles. The third-order valence-corrected chi connectivity index (χ3v) is 2.80. The van der Waals surface area contributed by atoms with Crippen LogP contribution in [0.2, 0.25) is 0 Å². The van der Waals surface area contributed by atoms with Crippen molar-refractivity contribution in [2.75, 3.05) is 38.8 Å². The number of nitro groups is 1. The zero-order valence-corrected chi connectivity index (χ0v) is 11.4. The number of benzene rings is 1. The van der Waals surface area contributed by atoms with Crippen LogP contribution in [-0.4, -0.2) is 38.8 Å². The second kappa shape index (κ2) is 6.79. The summed E-state index contributed by atoms with van der Waals surface area (Å²) in [6.07, 6.45) is 0. The maximum Gasteiger partial charge on any atom is 0.296 e. The van der Waals surface area contributed by atoms with E-state index in [2.05, 4.69) is 0 Å². The van der Waals surface area contributed by atoms with Crippen molar-refractivity contribution in [1.82, 2.24) is 0 Å². The van der Waals surface area contributed by atoms with E-state index >= 15 is 0 Å². The number of methoxy groups -OCH3 is 2. The lowest BCUT2D eigenvalue weighted by molar-refractivity contribution is -0.384. The Morgan fingerprint density at radius 1 is 1.32 bits per heavy atom. The molecule has 0 aliphatic carbocycles. The van der Waals surface area contributed by atoms with Crippen LogP contribution in [0.4, 0.5) is 11.4 Å². The topological polar surface area (TPSA) is 90.9 Å². The molecule has 0 atom stereocenters. The molecular formula is C12H19N3O4. The molecule has 0 aliphatic heterocycles. The van der Waals surface area contributed by atoms with Gasteiger partial charge in [0.15, 0.2) is 11.5 Å². The SMILES string of the molecule is CCN(CCN)c1cc(OC)c(OC)cc1[N+](=O)[O-]. The lowest BCUT2D eigenvalue weighted by Gasteiger charge is -2.23. The summed E-state index contributed by atoms with van der Waals surface area (Å²) in [5.41, 5.74) is 5.99. The van der Waals surface area contributed by atoms with Gasteiger partial charge in [-0.15, -0.1) is 0 Å². The van der Waals surface area contributed by atoms with E-state index in [1.54, 1.807) is 6.07 Å². The zero-order chi connectivity index (χ0) is 14.4. The first-order valence-electron chi connectivity index (χ1n) is 5.94. The molecule has 0 radical (unpaired) electrons. The number of ether oxygens (including phenoxy) is 2. The van der Waals surface area contributed by atoms with Gasteiger partial charge in [-0.3, -0.25) is 10.1 Å². The quantitative estimate of drug-likeness (QED) is 0.594. The molecule has 7 heteroatoms. The summed E-state index contributed by atoms with van der Waals surface area (Å²) in [5, 5.41) is 11.2. The molecule has 0 saturated heterocycles. The number of hydrogen-bond acceptors (Lipinski definition) is 6. The second-order valence-electron chi connectivity index (χ2n) is 3.82. The minimum Gasteiger partial charge on any atom is -0.493 e.